The predicted molar refractivity (Wildman–Crippen MR) is 104 cm³/mol. The highest BCUT2D eigenvalue weighted by Crippen LogP contribution is 2.24. The monoisotopic (exact) mass is 337 g/mol. The highest BCUT2D eigenvalue weighted by molar-refractivity contribution is 5.95. The van der Waals surface area contributed by atoms with Gasteiger partial charge < -0.3 is 15.1 Å². The fourth-order valence-electron chi connectivity index (χ4n) is 3.25. The lowest BCUT2D eigenvalue weighted by Gasteiger charge is -2.19. The Morgan fingerprint density at radius 2 is 1.84 bits per heavy atom. The van der Waals surface area contributed by atoms with Crippen LogP contribution in [0.4, 0.5) is 0 Å². The van der Waals surface area contributed by atoms with Crippen molar-refractivity contribution < 1.29 is 4.84 Å². The van der Waals surface area contributed by atoms with Crippen LogP contribution in [0.3, 0.4) is 0 Å². The molecule has 25 heavy (non-hydrogen) atoms. The van der Waals surface area contributed by atoms with E-state index in [4.69, 9.17) is 10.6 Å². The molecule has 4 heteroatoms. The Hall–Kier alpha value is -2.33. The summed E-state index contributed by atoms with van der Waals surface area (Å²) in [6.07, 6.45) is 0.987. The molecule has 132 valence electrons. The molecule has 4 nitrogen and oxygen atoms in total. The van der Waals surface area contributed by atoms with E-state index >= 15 is 0 Å². The Kier molecular flexibility index (Phi) is 5.09. The average Bonchev–Trinajstić information content (AvgIpc) is 2.60. The maximum atomic E-state index is 5.79. The molecule has 0 radical (unpaired) electrons. The molecule has 0 aliphatic carbocycles. The lowest BCUT2D eigenvalue weighted by molar-refractivity contribution is 0.0777. The summed E-state index contributed by atoms with van der Waals surface area (Å²) in [5.74, 6) is 0. The minimum Gasteiger partial charge on any atom is -0.393 e. The SMILES string of the molecule is Cc1ccc2c(=NOC(C)C)c3ccccc3n(CCCN)c2c1C. The number of hydrogen-bond donors (Lipinski definition) is 1. The third-order valence-corrected chi connectivity index (χ3v) is 4.62. The molecule has 0 saturated carbocycles. The zero-order valence-electron chi connectivity index (χ0n) is 15.5. The van der Waals surface area contributed by atoms with Crippen molar-refractivity contribution in [3.63, 3.8) is 0 Å². The number of fused-ring (bicyclic) bond motifs is 2. The van der Waals surface area contributed by atoms with Crippen LogP contribution in [-0.2, 0) is 11.4 Å². The zero-order chi connectivity index (χ0) is 18.0. The molecule has 3 aromatic rings. The van der Waals surface area contributed by atoms with Crippen molar-refractivity contribution in [1.82, 2.24) is 4.57 Å². The van der Waals surface area contributed by atoms with Gasteiger partial charge in [-0.25, -0.2) is 0 Å². The van der Waals surface area contributed by atoms with E-state index in [-0.39, 0.29) is 6.10 Å². The van der Waals surface area contributed by atoms with Crippen molar-refractivity contribution >= 4 is 21.8 Å². The number of rotatable bonds is 5. The minimum absolute atomic E-state index is 0.0462. The standard InChI is InChI=1S/C21H27N3O/c1-14(2)25-23-20-17-8-5-6-9-19(17)24(13-7-12-22)21-16(4)15(3)10-11-18(20)21/h5-6,8-11,14H,7,12-13,22H2,1-4H3. The van der Waals surface area contributed by atoms with Crippen molar-refractivity contribution in [3.8, 4) is 0 Å². The number of para-hydroxylation sites is 1. The molecule has 2 N–H and O–H groups in total. The van der Waals surface area contributed by atoms with Crippen molar-refractivity contribution in [3.05, 3.63) is 52.9 Å². The molecular weight excluding hydrogens is 310 g/mol. The van der Waals surface area contributed by atoms with Gasteiger partial charge in [-0.3, -0.25) is 0 Å². The fourth-order valence-corrected chi connectivity index (χ4v) is 3.25. The largest absolute Gasteiger partial charge is 0.393 e. The van der Waals surface area contributed by atoms with E-state index < -0.39 is 0 Å². The number of benzene rings is 2. The Bertz CT molecular complexity index is 970. The summed E-state index contributed by atoms with van der Waals surface area (Å²) >= 11 is 0. The van der Waals surface area contributed by atoms with Crippen LogP contribution in [0.1, 0.15) is 31.4 Å². The van der Waals surface area contributed by atoms with E-state index in [1.165, 1.54) is 22.2 Å². The summed E-state index contributed by atoms with van der Waals surface area (Å²) in [6, 6.07) is 12.7. The van der Waals surface area contributed by atoms with Gasteiger partial charge in [0.2, 0.25) is 0 Å². The summed E-state index contributed by atoms with van der Waals surface area (Å²) in [5, 5.41) is 7.66. The maximum Gasteiger partial charge on any atom is 0.122 e. The number of pyridine rings is 1. The summed E-state index contributed by atoms with van der Waals surface area (Å²) in [7, 11) is 0. The number of aromatic nitrogens is 1. The molecule has 0 atom stereocenters. The molecule has 0 spiro atoms. The van der Waals surface area contributed by atoms with Gasteiger partial charge in [-0.05, 0) is 57.9 Å². The summed E-state index contributed by atoms with van der Waals surface area (Å²) in [5.41, 5.74) is 10.7. The lowest BCUT2D eigenvalue weighted by atomic mass is 10.0. The smallest absolute Gasteiger partial charge is 0.122 e. The first-order valence-electron chi connectivity index (χ1n) is 8.96. The Balaban J connectivity index is 2.49. The quantitative estimate of drug-likeness (QED) is 0.565. The molecule has 0 aliphatic heterocycles. The van der Waals surface area contributed by atoms with Gasteiger partial charge >= 0.3 is 0 Å². The highest BCUT2D eigenvalue weighted by Gasteiger charge is 2.13. The molecule has 0 fully saturated rings. The van der Waals surface area contributed by atoms with Gasteiger partial charge in [0.05, 0.1) is 11.0 Å². The van der Waals surface area contributed by atoms with Crippen LogP contribution in [0.2, 0.25) is 0 Å². The molecule has 3 rings (SSSR count). The van der Waals surface area contributed by atoms with Gasteiger partial charge in [-0.1, -0.05) is 35.5 Å². The molecule has 0 aliphatic rings. The number of aryl methyl sites for hydroxylation is 3. The summed E-state index contributed by atoms with van der Waals surface area (Å²) in [6.45, 7) is 9.89. The molecule has 2 aromatic carbocycles. The van der Waals surface area contributed by atoms with Crippen LogP contribution in [0, 0.1) is 13.8 Å². The molecule has 1 heterocycles. The number of nitrogens with zero attached hydrogens (tertiary/aromatic N) is 2. The molecule has 0 unspecified atom stereocenters. The predicted octanol–water partition coefficient (Wildman–Crippen LogP) is 4.00. The molecule has 0 bridgehead atoms. The van der Waals surface area contributed by atoms with Crippen molar-refractivity contribution in [2.24, 2.45) is 10.9 Å². The van der Waals surface area contributed by atoms with Crippen LogP contribution in [-0.4, -0.2) is 17.2 Å². The molecule has 0 amide bonds. The third-order valence-electron chi connectivity index (χ3n) is 4.62. The van der Waals surface area contributed by atoms with E-state index in [9.17, 15) is 0 Å². The van der Waals surface area contributed by atoms with Gasteiger partial charge in [-0.15, -0.1) is 0 Å². The van der Waals surface area contributed by atoms with Crippen molar-refractivity contribution in [2.75, 3.05) is 6.54 Å². The Morgan fingerprint density at radius 3 is 2.56 bits per heavy atom. The molecule has 0 saturated heterocycles. The Labute approximate surface area is 148 Å². The zero-order valence-corrected chi connectivity index (χ0v) is 15.5. The van der Waals surface area contributed by atoms with E-state index in [0.29, 0.717) is 6.54 Å². The first-order valence-corrected chi connectivity index (χ1v) is 8.96. The van der Waals surface area contributed by atoms with Gasteiger partial charge in [0.1, 0.15) is 11.5 Å². The maximum absolute atomic E-state index is 5.79. The minimum atomic E-state index is 0.0462. The van der Waals surface area contributed by atoms with Gasteiger partial charge in [-0.2, -0.15) is 0 Å². The molecule has 1 aromatic heterocycles. The van der Waals surface area contributed by atoms with Crippen LogP contribution < -0.4 is 11.1 Å². The second-order valence-corrected chi connectivity index (χ2v) is 6.81. The Morgan fingerprint density at radius 1 is 1.08 bits per heavy atom. The van der Waals surface area contributed by atoms with Gasteiger partial charge in [0.25, 0.3) is 0 Å². The topological polar surface area (TPSA) is 52.5 Å². The first-order chi connectivity index (χ1) is 12.0. The van der Waals surface area contributed by atoms with Crippen molar-refractivity contribution in [2.45, 2.75) is 46.8 Å². The van der Waals surface area contributed by atoms with Crippen LogP contribution in [0.25, 0.3) is 21.8 Å². The number of nitrogens with two attached hydrogens (primary N) is 1. The number of hydrogen-bond acceptors (Lipinski definition) is 3. The normalized spacial score (nSPS) is 12.5. The second-order valence-electron chi connectivity index (χ2n) is 6.81. The summed E-state index contributed by atoms with van der Waals surface area (Å²) in [4.78, 5) is 5.63. The van der Waals surface area contributed by atoms with Gasteiger partial charge in [0, 0.05) is 17.3 Å². The van der Waals surface area contributed by atoms with Crippen LogP contribution >= 0.6 is 0 Å². The summed E-state index contributed by atoms with van der Waals surface area (Å²) < 4.78 is 2.38. The van der Waals surface area contributed by atoms with Gasteiger partial charge in [0.15, 0.2) is 0 Å². The lowest BCUT2D eigenvalue weighted by Crippen LogP contribution is -2.17. The van der Waals surface area contributed by atoms with Crippen LogP contribution in [0.15, 0.2) is 41.6 Å². The van der Waals surface area contributed by atoms with E-state index in [1.54, 1.807) is 0 Å². The first kappa shape index (κ1) is 17.5. The fraction of sp³-hybridized carbons (Fsp3) is 0.381. The molecular formula is C21H27N3O. The third kappa shape index (κ3) is 3.27. The van der Waals surface area contributed by atoms with E-state index in [2.05, 4.69) is 60.0 Å². The van der Waals surface area contributed by atoms with Crippen LogP contribution in [0.5, 0.6) is 0 Å². The second kappa shape index (κ2) is 7.28. The van der Waals surface area contributed by atoms with Crippen molar-refractivity contribution in [1.29, 1.82) is 0 Å². The average molecular weight is 337 g/mol. The highest BCUT2D eigenvalue weighted by atomic mass is 16.6. The van der Waals surface area contributed by atoms with E-state index in [1.807, 2.05) is 13.8 Å². The van der Waals surface area contributed by atoms with E-state index in [0.717, 1.165) is 29.1 Å².